The summed E-state index contributed by atoms with van der Waals surface area (Å²) in [6.45, 7) is 5.41. The number of nitrogens with zero attached hydrogens (tertiary/aromatic N) is 2. The van der Waals surface area contributed by atoms with Crippen molar-refractivity contribution in [3.63, 3.8) is 0 Å². The molecular weight excluding hydrogens is 581 g/mol. The number of carbonyl (C=O) groups excluding carboxylic acids is 5. The number of para-hydroxylation sites is 1. The van der Waals surface area contributed by atoms with E-state index in [0.717, 1.165) is 12.8 Å². The minimum Gasteiger partial charge on any atom is -0.417 e. The van der Waals surface area contributed by atoms with Crippen LogP contribution in [-0.4, -0.2) is 77.0 Å². The zero-order valence-corrected chi connectivity index (χ0v) is 26.6. The van der Waals surface area contributed by atoms with Crippen LogP contribution in [0.15, 0.2) is 30.5 Å². The first-order valence-electron chi connectivity index (χ1n) is 16.1. The van der Waals surface area contributed by atoms with Crippen LogP contribution in [0.4, 0.5) is 4.39 Å². The molecule has 0 spiro atoms. The molecule has 2 aromatic rings. The van der Waals surface area contributed by atoms with E-state index in [0.29, 0.717) is 55.1 Å². The monoisotopic (exact) mass is 627 g/mol. The van der Waals surface area contributed by atoms with Gasteiger partial charge in [-0.25, -0.2) is 4.39 Å². The molecule has 11 nitrogen and oxygen atoms in total. The Hall–Kier alpha value is -3.96. The Kier molecular flexibility index (Phi) is 11.6. The summed E-state index contributed by atoms with van der Waals surface area (Å²) in [5, 5.41) is 9.40. The highest BCUT2D eigenvalue weighted by atomic mass is 19.1. The van der Waals surface area contributed by atoms with Gasteiger partial charge in [0, 0.05) is 23.9 Å². The van der Waals surface area contributed by atoms with E-state index >= 15 is 0 Å². The number of unbranched alkanes of at least 4 members (excludes halogenated alkanes) is 2. The van der Waals surface area contributed by atoms with Crippen molar-refractivity contribution in [2.45, 2.75) is 109 Å². The quantitative estimate of drug-likeness (QED) is 0.327. The molecule has 1 aromatic carbocycles. The van der Waals surface area contributed by atoms with Crippen molar-refractivity contribution in [3.05, 3.63) is 36.0 Å². The van der Waals surface area contributed by atoms with Crippen LogP contribution in [-0.2, 0) is 24.0 Å². The van der Waals surface area contributed by atoms with Gasteiger partial charge in [0.05, 0.1) is 11.7 Å². The summed E-state index contributed by atoms with van der Waals surface area (Å²) >= 11 is 0. The Balaban J connectivity index is 1.70. The number of piperidine rings is 1. The van der Waals surface area contributed by atoms with Crippen molar-refractivity contribution in [1.29, 1.82) is 0 Å². The van der Waals surface area contributed by atoms with Gasteiger partial charge in [0.2, 0.25) is 23.6 Å². The van der Waals surface area contributed by atoms with Crippen molar-refractivity contribution in [1.82, 2.24) is 25.6 Å². The lowest BCUT2D eigenvalue weighted by molar-refractivity contribution is -0.147. The Morgan fingerprint density at radius 1 is 1.00 bits per heavy atom. The zero-order chi connectivity index (χ0) is 32.7. The fourth-order valence-electron chi connectivity index (χ4n) is 6.21. The molecule has 2 aliphatic rings. The summed E-state index contributed by atoms with van der Waals surface area (Å²) < 4.78 is 14.8. The number of hydrogen-bond acceptors (Lipinski definition) is 6. The Bertz CT molecular complexity index is 1390. The molecule has 0 saturated carbocycles. The number of alkyl halides is 1. The van der Waals surface area contributed by atoms with Gasteiger partial charge in [-0.2, -0.15) is 4.73 Å². The van der Waals surface area contributed by atoms with Crippen LogP contribution in [0, 0.1) is 5.92 Å². The fourth-order valence-corrected chi connectivity index (χ4v) is 6.21. The van der Waals surface area contributed by atoms with Crippen molar-refractivity contribution in [2.24, 2.45) is 5.92 Å². The Morgan fingerprint density at radius 3 is 2.47 bits per heavy atom. The van der Waals surface area contributed by atoms with E-state index in [-0.39, 0.29) is 24.7 Å². The molecule has 3 N–H and O–H groups in total. The van der Waals surface area contributed by atoms with Crippen LogP contribution in [0.25, 0.3) is 10.9 Å². The summed E-state index contributed by atoms with van der Waals surface area (Å²) in [6, 6.07) is 3.46. The molecule has 2 fully saturated rings. The molecule has 3 unspecified atom stereocenters. The van der Waals surface area contributed by atoms with Crippen molar-refractivity contribution in [2.75, 3.05) is 13.7 Å². The Morgan fingerprint density at radius 2 is 1.76 bits per heavy atom. The summed E-state index contributed by atoms with van der Waals surface area (Å²) in [5.41, 5.74) is 1.17. The third kappa shape index (κ3) is 7.83. The number of Topliss-reactive ketones (excluding diaryl/α,β-unsaturated/α-hetero) is 1. The normalized spacial score (nSPS) is 24.4. The van der Waals surface area contributed by atoms with Crippen LogP contribution < -0.4 is 20.8 Å². The van der Waals surface area contributed by atoms with Crippen LogP contribution in [0.3, 0.4) is 0 Å². The maximum absolute atomic E-state index is 14.1. The molecule has 0 radical (unpaired) electrons. The lowest BCUT2D eigenvalue weighted by atomic mass is 9.93. The molecule has 2 saturated heterocycles. The second-order valence-electron chi connectivity index (χ2n) is 12.2. The van der Waals surface area contributed by atoms with Gasteiger partial charge in [0.15, 0.2) is 12.0 Å². The summed E-state index contributed by atoms with van der Waals surface area (Å²) in [5.74, 6) is -2.50. The molecule has 2 aliphatic heterocycles. The number of ketones is 1. The molecule has 1 aromatic heterocycles. The number of halogens is 1. The van der Waals surface area contributed by atoms with Crippen LogP contribution >= 0.6 is 0 Å². The number of rotatable bonds is 11. The number of carbonyl (C=O) groups is 5. The number of fused-ring (bicyclic) bond motifs is 2. The topological polar surface area (TPSA) is 139 Å². The van der Waals surface area contributed by atoms with E-state index in [1.54, 1.807) is 11.1 Å². The van der Waals surface area contributed by atoms with E-state index in [1.807, 2.05) is 38.1 Å². The third-order valence-corrected chi connectivity index (χ3v) is 9.12. The molecular formula is C33H46FN5O6. The molecule has 0 bridgehead atoms. The fraction of sp³-hybridized carbons (Fsp3) is 0.606. The van der Waals surface area contributed by atoms with Gasteiger partial charge in [-0.1, -0.05) is 51.3 Å². The van der Waals surface area contributed by atoms with Crippen LogP contribution in [0.2, 0.25) is 0 Å². The third-order valence-electron chi connectivity index (χ3n) is 9.12. The van der Waals surface area contributed by atoms with Crippen molar-refractivity contribution in [3.8, 4) is 0 Å². The first-order chi connectivity index (χ1) is 21.6. The summed E-state index contributed by atoms with van der Waals surface area (Å²) in [4.78, 5) is 74.6. The highest BCUT2D eigenvalue weighted by Gasteiger charge is 2.41. The summed E-state index contributed by atoms with van der Waals surface area (Å²) in [6.07, 6.45) is 4.50. The molecule has 12 heteroatoms. The second kappa shape index (κ2) is 15.4. The standard InChI is InChI=1S/C33H46FN5O6/c1-5-20(2)28-33(44)38-18-12-11-16-26(38)31(42)35-24(14-7-6-8-17-27(40)21(3)34)30(41)37-29(32(43)36-28)23-19-39(45-4)25-15-10-9-13-22(23)25/h9-10,13,15,19-21,24,26,28-29H,5-8,11-12,14,16-18H2,1-4H3,(H,35,42)(H,36,43)(H,37,41)/t20?,21?,24-,26+,28?,29-/m0/s1. The number of aromatic nitrogens is 1. The van der Waals surface area contributed by atoms with Gasteiger partial charge in [-0.15, -0.1) is 0 Å². The summed E-state index contributed by atoms with van der Waals surface area (Å²) in [7, 11) is 1.50. The second-order valence-corrected chi connectivity index (χ2v) is 12.2. The van der Waals surface area contributed by atoms with Gasteiger partial charge in [-0.05, 0) is 51.0 Å². The van der Waals surface area contributed by atoms with E-state index in [1.165, 1.54) is 18.8 Å². The van der Waals surface area contributed by atoms with E-state index in [4.69, 9.17) is 4.84 Å². The maximum atomic E-state index is 14.1. The maximum Gasteiger partial charge on any atom is 0.247 e. The largest absolute Gasteiger partial charge is 0.417 e. The van der Waals surface area contributed by atoms with Crippen molar-refractivity contribution < 1.29 is 33.2 Å². The molecule has 0 aliphatic carbocycles. The van der Waals surface area contributed by atoms with E-state index < -0.39 is 53.8 Å². The number of hydrogen-bond donors (Lipinski definition) is 3. The highest BCUT2D eigenvalue weighted by molar-refractivity contribution is 6.00. The predicted molar refractivity (Wildman–Crippen MR) is 167 cm³/mol. The molecule has 4 amide bonds. The lowest BCUT2D eigenvalue weighted by Gasteiger charge is -2.39. The van der Waals surface area contributed by atoms with E-state index in [2.05, 4.69) is 16.0 Å². The predicted octanol–water partition coefficient (Wildman–Crippen LogP) is 3.15. The van der Waals surface area contributed by atoms with Gasteiger partial charge >= 0.3 is 0 Å². The highest BCUT2D eigenvalue weighted by Crippen LogP contribution is 2.28. The number of nitrogens with one attached hydrogen (secondary N) is 3. The van der Waals surface area contributed by atoms with E-state index in [9.17, 15) is 28.4 Å². The minimum atomic E-state index is -1.52. The number of amides is 4. The van der Waals surface area contributed by atoms with Gasteiger partial charge in [-0.3, -0.25) is 24.0 Å². The molecule has 4 rings (SSSR count). The van der Waals surface area contributed by atoms with Gasteiger partial charge < -0.3 is 25.7 Å². The molecule has 246 valence electrons. The Labute approximate surface area is 263 Å². The molecule has 45 heavy (non-hydrogen) atoms. The first-order valence-corrected chi connectivity index (χ1v) is 16.1. The van der Waals surface area contributed by atoms with Gasteiger partial charge in [0.1, 0.15) is 31.3 Å². The van der Waals surface area contributed by atoms with Gasteiger partial charge in [0.25, 0.3) is 0 Å². The lowest BCUT2D eigenvalue weighted by Crippen LogP contribution is -2.62. The smallest absolute Gasteiger partial charge is 0.247 e. The average molecular weight is 628 g/mol. The molecule has 6 atom stereocenters. The zero-order valence-electron chi connectivity index (χ0n) is 26.6. The first kappa shape index (κ1) is 33.9. The van der Waals surface area contributed by atoms with Crippen LogP contribution in [0.1, 0.15) is 90.2 Å². The van der Waals surface area contributed by atoms with Crippen LogP contribution in [0.5, 0.6) is 0 Å². The van der Waals surface area contributed by atoms with Crippen molar-refractivity contribution >= 4 is 40.3 Å². The average Bonchev–Trinajstić information content (AvgIpc) is 3.42. The minimum absolute atomic E-state index is 0.100. The molecule has 3 heterocycles. The SMILES string of the molecule is CCC(C)C1NC(=O)[C@H](c2cn(OC)c3ccccc23)NC(=O)[C@H](CCCCCC(=O)C(C)F)NC(=O)[C@H]2CCCCN2C1=O. The number of benzene rings is 1.